The lowest BCUT2D eigenvalue weighted by atomic mass is 10.1. The van der Waals surface area contributed by atoms with Gasteiger partial charge in [0.05, 0.1) is 13.2 Å². The molecular weight excluding hydrogens is 554 g/mol. The third kappa shape index (κ3) is 11.4. The van der Waals surface area contributed by atoms with Gasteiger partial charge in [0, 0.05) is 36.2 Å². The predicted molar refractivity (Wildman–Crippen MR) is 139 cm³/mol. The summed E-state index contributed by atoms with van der Waals surface area (Å²) in [6.07, 6.45) is -1.02. The number of benzene rings is 2. The molecule has 0 aliphatic heterocycles. The minimum Gasteiger partial charge on any atom is -0.492 e. The predicted octanol–water partition coefficient (Wildman–Crippen LogP) is 5.46. The number of ether oxygens (including phenoxy) is 3. The Kier molecular flexibility index (Phi) is 12.7. The number of rotatable bonds is 16. The first-order valence-corrected chi connectivity index (χ1v) is 12.8. The maximum Gasteiger partial charge on any atom is 0.333 e. The highest BCUT2D eigenvalue weighted by atomic mass is 79.9. The molecule has 2 N–H and O–H groups in total. The van der Waals surface area contributed by atoms with Crippen molar-refractivity contribution >= 4 is 33.6 Å². The summed E-state index contributed by atoms with van der Waals surface area (Å²) in [5, 5.41) is 12.0. The van der Waals surface area contributed by atoms with Crippen molar-refractivity contribution in [3.63, 3.8) is 0 Å². The highest BCUT2D eigenvalue weighted by molar-refractivity contribution is 9.10. The number of anilines is 1. The molecule has 2 aromatic rings. The first-order valence-electron chi connectivity index (χ1n) is 12.0. The standard InChI is InChI=1S/C26H33BrF2N2O6/c1-3-26(28,29)18-35-15-13-31(25(34)30-21-9-7-20(27)8-10-21)14-16-37-22-11-5-19(6-12-22)17-23(24(32)33)36-4-2/h5-12,23H,3-4,13-18H2,1-2H3,(H,30,34)(H,32,33). The molecule has 204 valence electrons. The van der Waals surface area contributed by atoms with Crippen LogP contribution in [0, 0.1) is 0 Å². The zero-order valence-corrected chi connectivity index (χ0v) is 22.5. The molecule has 0 aliphatic rings. The number of carbonyl (C=O) groups is 2. The fraction of sp³-hybridized carbons (Fsp3) is 0.462. The summed E-state index contributed by atoms with van der Waals surface area (Å²) in [6.45, 7) is 3.09. The van der Waals surface area contributed by atoms with Crippen LogP contribution in [0.15, 0.2) is 53.0 Å². The van der Waals surface area contributed by atoms with Crippen LogP contribution in [0.5, 0.6) is 5.75 Å². The second-order valence-electron chi connectivity index (χ2n) is 8.16. The number of carboxylic acids is 1. The number of alkyl halides is 2. The molecule has 1 unspecified atom stereocenters. The quantitative estimate of drug-likeness (QED) is 0.254. The van der Waals surface area contributed by atoms with Crippen molar-refractivity contribution in [2.45, 2.75) is 38.7 Å². The van der Waals surface area contributed by atoms with E-state index in [-0.39, 0.29) is 39.1 Å². The van der Waals surface area contributed by atoms with Crippen molar-refractivity contribution in [2.24, 2.45) is 0 Å². The number of amides is 2. The van der Waals surface area contributed by atoms with Gasteiger partial charge in [0.25, 0.3) is 5.92 Å². The Balaban J connectivity index is 1.93. The van der Waals surface area contributed by atoms with Gasteiger partial charge in [-0.15, -0.1) is 0 Å². The highest BCUT2D eigenvalue weighted by Gasteiger charge is 2.26. The number of carbonyl (C=O) groups excluding carboxylic acids is 1. The highest BCUT2D eigenvalue weighted by Crippen LogP contribution is 2.18. The maximum absolute atomic E-state index is 13.4. The summed E-state index contributed by atoms with van der Waals surface area (Å²) in [7, 11) is 0. The Morgan fingerprint density at radius 3 is 2.30 bits per heavy atom. The van der Waals surface area contributed by atoms with E-state index < -0.39 is 30.6 Å². The van der Waals surface area contributed by atoms with Crippen molar-refractivity contribution in [1.29, 1.82) is 0 Å². The minimum absolute atomic E-state index is 0.0530. The number of nitrogens with zero attached hydrogens (tertiary/aromatic N) is 1. The molecular formula is C26H33BrF2N2O6. The van der Waals surface area contributed by atoms with Gasteiger partial charge >= 0.3 is 12.0 Å². The number of halogens is 3. The van der Waals surface area contributed by atoms with Crippen LogP contribution >= 0.6 is 15.9 Å². The van der Waals surface area contributed by atoms with Crippen molar-refractivity contribution in [2.75, 3.05) is 44.8 Å². The molecule has 0 bridgehead atoms. The Morgan fingerprint density at radius 1 is 1.05 bits per heavy atom. The molecule has 2 amide bonds. The molecule has 0 aromatic heterocycles. The molecule has 0 saturated heterocycles. The van der Waals surface area contributed by atoms with Crippen molar-refractivity contribution < 1.29 is 37.7 Å². The number of carboxylic acid groups (broad SMARTS) is 1. The molecule has 8 nitrogen and oxygen atoms in total. The van der Waals surface area contributed by atoms with Crippen LogP contribution in [0.1, 0.15) is 25.8 Å². The van der Waals surface area contributed by atoms with E-state index in [9.17, 15) is 23.5 Å². The molecule has 0 radical (unpaired) electrons. The summed E-state index contributed by atoms with van der Waals surface area (Å²) in [5.41, 5.74) is 1.37. The van der Waals surface area contributed by atoms with Gasteiger partial charge in [-0.25, -0.2) is 18.4 Å². The van der Waals surface area contributed by atoms with Crippen LogP contribution in [-0.4, -0.2) is 73.6 Å². The fourth-order valence-electron chi connectivity index (χ4n) is 3.18. The number of nitrogens with one attached hydrogen (secondary N) is 1. The van der Waals surface area contributed by atoms with Gasteiger partial charge in [0.15, 0.2) is 6.10 Å². The van der Waals surface area contributed by atoms with E-state index >= 15 is 0 Å². The van der Waals surface area contributed by atoms with E-state index in [1.54, 1.807) is 55.5 Å². The number of hydrogen-bond donors (Lipinski definition) is 2. The largest absolute Gasteiger partial charge is 0.492 e. The monoisotopic (exact) mass is 586 g/mol. The number of urea groups is 1. The van der Waals surface area contributed by atoms with Gasteiger partial charge in [-0.3, -0.25) is 0 Å². The average molecular weight is 587 g/mol. The zero-order chi connectivity index (χ0) is 27.3. The van der Waals surface area contributed by atoms with Gasteiger partial charge < -0.3 is 29.5 Å². The van der Waals surface area contributed by atoms with Gasteiger partial charge in [0.1, 0.15) is 19.0 Å². The van der Waals surface area contributed by atoms with Crippen molar-refractivity contribution in [3.8, 4) is 5.75 Å². The molecule has 0 aliphatic carbocycles. The SMILES string of the molecule is CCOC(Cc1ccc(OCCN(CCOCC(F)(F)CC)C(=O)Nc2ccc(Br)cc2)cc1)C(=O)O. The smallest absolute Gasteiger partial charge is 0.333 e. The molecule has 0 fully saturated rings. The summed E-state index contributed by atoms with van der Waals surface area (Å²) < 4.78 is 43.8. The van der Waals surface area contributed by atoms with Crippen molar-refractivity contribution in [3.05, 3.63) is 58.6 Å². The minimum atomic E-state index is -2.91. The van der Waals surface area contributed by atoms with E-state index in [1.165, 1.54) is 11.8 Å². The fourth-order valence-corrected chi connectivity index (χ4v) is 3.44. The van der Waals surface area contributed by atoms with Gasteiger partial charge in [-0.1, -0.05) is 35.0 Å². The van der Waals surface area contributed by atoms with Crippen LogP contribution in [0.4, 0.5) is 19.3 Å². The number of aliphatic carboxylic acids is 1. The first kappa shape index (κ1) is 30.5. The molecule has 2 aromatic carbocycles. The van der Waals surface area contributed by atoms with E-state index in [1.807, 2.05) is 0 Å². The van der Waals surface area contributed by atoms with Crippen LogP contribution in [-0.2, 0) is 20.7 Å². The second kappa shape index (κ2) is 15.5. The Morgan fingerprint density at radius 2 is 1.70 bits per heavy atom. The molecule has 0 saturated carbocycles. The van der Waals surface area contributed by atoms with Gasteiger partial charge in [0.2, 0.25) is 0 Å². The third-order valence-electron chi connectivity index (χ3n) is 5.34. The van der Waals surface area contributed by atoms with E-state index in [0.29, 0.717) is 18.0 Å². The normalized spacial score (nSPS) is 12.1. The van der Waals surface area contributed by atoms with Crippen LogP contribution in [0.3, 0.4) is 0 Å². The Hall–Kier alpha value is -2.76. The van der Waals surface area contributed by atoms with Gasteiger partial charge in [-0.2, -0.15) is 0 Å². The van der Waals surface area contributed by atoms with Crippen LogP contribution < -0.4 is 10.1 Å². The first-order chi connectivity index (χ1) is 17.6. The lowest BCUT2D eigenvalue weighted by molar-refractivity contribution is -0.149. The van der Waals surface area contributed by atoms with E-state index in [0.717, 1.165) is 10.0 Å². The third-order valence-corrected chi connectivity index (χ3v) is 5.87. The second-order valence-corrected chi connectivity index (χ2v) is 9.08. The molecule has 0 heterocycles. The maximum atomic E-state index is 13.4. The summed E-state index contributed by atoms with van der Waals surface area (Å²) in [6, 6.07) is 13.6. The molecule has 1 atom stereocenters. The Bertz CT molecular complexity index is 976. The number of hydrogen-bond acceptors (Lipinski definition) is 5. The lowest BCUT2D eigenvalue weighted by Crippen LogP contribution is -2.40. The topological polar surface area (TPSA) is 97.3 Å². The van der Waals surface area contributed by atoms with Crippen LogP contribution in [0.25, 0.3) is 0 Å². The molecule has 11 heteroatoms. The molecule has 0 spiro atoms. The van der Waals surface area contributed by atoms with E-state index in [4.69, 9.17) is 14.2 Å². The summed E-state index contributed by atoms with van der Waals surface area (Å²) in [5.74, 6) is -3.39. The van der Waals surface area contributed by atoms with Gasteiger partial charge in [-0.05, 0) is 48.9 Å². The molecule has 2 rings (SSSR count). The zero-order valence-electron chi connectivity index (χ0n) is 20.9. The van der Waals surface area contributed by atoms with Crippen LogP contribution in [0.2, 0.25) is 0 Å². The van der Waals surface area contributed by atoms with Crippen molar-refractivity contribution in [1.82, 2.24) is 4.90 Å². The Labute approximate surface area is 224 Å². The summed E-state index contributed by atoms with van der Waals surface area (Å²) in [4.78, 5) is 25.5. The van der Waals surface area contributed by atoms with E-state index in [2.05, 4.69) is 21.2 Å². The lowest BCUT2D eigenvalue weighted by Gasteiger charge is -2.24. The molecule has 37 heavy (non-hydrogen) atoms. The average Bonchev–Trinajstić information content (AvgIpc) is 2.87. The summed E-state index contributed by atoms with van der Waals surface area (Å²) >= 11 is 3.34.